The van der Waals surface area contributed by atoms with E-state index >= 15 is 0 Å². The number of phosphoric ester groups is 1. The number of carbonyl (C=O) groups is 1. The standard InChI is InChI=1S/C25H39O9P/c1-2-3-4-7-19(26)9-10-20-21-13-17-6-5-8-24(22(17)14-18(21)15-23(20)27)33-16-25(28)32-11-12-34-35(29,30)31/h5-6,8,18-21,23,26-27H,2-4,7,9-16H2,1H3,(H2,29,30,31)/t18-,19-,20+,21-,23+/m0/s1. The summed E-state index contributed by atoms with van der Waals surface area (Å²) in [5.41, 5.74) is 2.22. The molecule has 35 heavy (non-hydrogen) atoms. The van der Waals surface area contributed by atoms with Crippen molar-refractivity contribution in [3.8, 4) is 5.75 Å². The van der Waals surface area contributed by atoms with E-state index in [9.17, 15) is 19.6 Å². The SMILES string of the molecule is CCCCC[C@H](O)CC[C@@H]1[C@H]2Cc3cccc(OCC(=O)OCCOP(=O)(O)O)c3C[C@H]2C[C@H]1O. The molecule has 5 atom stereocenters. The van der Waals surface area contributed by atoms with Crippen LogP contribution in [0.25, 0.3) is 0 Å². The lowest BCUT2D eigenvalue weighted by Crippen LogP contribution is -2.28. The number of hydrogen-bond donors (Lipinski definition) is 4. The van der Waals surface area contributed by atoms with Gasteiger partial charge in [0.15, 0.2) is 6.61 Å². The first-order valence-electron chi connectivity index (χ1n) is 12.6. The number of hydrogen-bond acceptors (Lipinski definition) is 7. The summed E-state index contributed by atoms with van der Waals surface area (Å²) in [6.07, 6.45) is 7.39. The van der Waals surface area contributed by atoms with Crippen molar-refractivity contribution in [1.29, 1.82) is 0 Å². The van der Waals surface area contributed by atoms with Gasteiger partial charge in [-0.1, -0.05) is 38.3 Å². The summed E-state index contributed by atoms with van der Waals surface area (Å²) in [5, 5.41) is 21.1. The van der Waals surface area contributed by atoms with Crippen LogP contribution in [0.15, 0.2) is 18.2 Å². The predicted molar refractivity (Wildman–Crippen MR) is 129 cm³/mol. The van der Waals surface area contributed by atoms with E-state index in [-0.39, 0.29) is 31.3 Å². The average molecular weight is 515 g/mol. The summed E-state index contributed by atoms with van der Waals surface area (Å²) in [7, 11) is -4.59. The van der Waals surface area contributed by atoms with Crippen LogP contribution in [0, 0.1) is 17.8 Å². The zero-order chi connectivity index (χ0) is 25.4. The predicted octanol–water partition coefficient (Wildman–Crippen LogP) is 3.15. The number of phosphoric acid groups is 1. The quantitative estimate of drug-likeness (QED) is 0.167. The van der Waals surface area contributed by atoms with E-state index in [0.29, 0.717) is 17.6 Å². The van der Waals surface area contributed by atoms with Gasteiger partial charge in [-0.25, -0.2) is 9.36 Å². The van der Waals surface area contributed by atoms with Crippen LogP contribution in [0.1, 0.15) is 63.0 Å². The Morgan fingerprint density at radius 3 is 2.71 bits per heavy atom. The second-order valence-corrected chi connectivity index (χ2v) is 11.0. The van der Waals surface area contributed by atoms with E-state index in [1.807, 2.05) is 12.1 Å². The molecule has 0 heterocycles. The minimum atomic E-state index is -4.59. The first-order chi connectivity index (χ1) is 16.7. The van der Waals surface area contributed by atoms with Crippen molar-refractivity contribution >= 4 is 13.8 Å². The van der Waals surface area contributed by atoms with Gasteiger partial charge < -0.3 is 29.5 Å². The first-order valence-corrected chi connectivity index (χ1v) is 14.2. The number of fused-ring (bicyclic) bond motifs is 2. The number of rotatable bonds is 14. The minimum Gasteiger partial charge on any atom is -0.482 e. The van der Waals surface area contributed by atoms with Crippen molar-refractivity contribution in [3.63, 3.8) is 0 Å². The van der Waals surface area contributed by atoms with Gasteiger partial charge in [0.05, 0.1) is 18.8 Å². The number of carbonyl (C=O) groups excluding carboxylic acids is 1. The molecule has 10 heteroatoms. The Kier molecular flexibility index (Phi) is 10.6. The van der Waals surface area contributed by atoms with Gasteiger partial charge in [-0.2, -0.15) is 0 Å². The molecule has 0 aliphatic heterocycles. The molecule has 1 aromatic rings. The van der Waals surface area contributed by atoms with Crippen LogP contribution in [-0.4, -0.2) is 58.0 Å². The molecule has 0 aromatic heterocycles. The van der Waals surface area contributed by atoms with Crippen LogP contribution in [0.4, 0.5) is 0 Å². The molecule has 0 unspecified atom stereocenters. The second-order valence-electron chi connectivity index (χ2n) is 9.75. The topological polar surface area (TPSA) is 143 Å². The minimum absolute atomic E-state index is 0.184. The molecule has 3 rings (SSSR count). The Hall–Kier alpha value is -1.48. The van der Waals surface area contributed by atoms with Crippen LogP contribution in [-0.2, 0) is 31.5 Å². The number of ether oxygens (including phenoxy) is 2. The van der Waals surface area contributed by atoms with E-state index in [1.165, 1.54) is 0 Å². The van der Waals surface area contributed by atoms with Gasteiger partial charge in [-0.3, -0.25) is 4.52 Å². The van der Waals surface area contributed by atoms with E-state index in [4.69, 9.17) is 19.3 Å². The van der Waals surface area contributed by atoms with E-state index < -0.39 is 20.4 Å². The summed E-state index contributed by atoms with van der Waals surface area (Å²) < 4.78 is 25.5. The highest BCUT2D eigenvalue weighted by Crippen LogP contribution is 2.48. The molecular formula is C25H39O9P. The monoisotopic (exact) mass is 514 g/mol. The Balaban J connectivity index is 1.52. The molecule has 2 aliphatic rings. The van der Waals surface area contributed by atoms with Gasteiger partial charge in [0.2, 0.25) is 0 Å². The first kappa shape index (κ1) is 28.1. The Bertz CT molecular complexity index is 870. The third kappa shape index (κ3) is 8.55. The zero-order valence-electron chi connectivity index (χ0n) is 20.4. The molecule has 0 bridgehead atoms. The Morgan fingerprint density at radius 1 is 1.17 bits per heavy atom. The Labute approximate surface area is 207 Å². The van der Waals surface area contributed by atoms with Crippen molar-refractivity contribution in [3.05, 3.63) is 29.3 Å². The molecule has 2 aliphatic carbocycles. The fourth-order valence-corrected chi connectivity index (χ4v) is 5.90. The largest absolute Gasteiger partial charge is 0.482 e. The summed E-state index contributed by atoms with van der Waals surface area (Å²) >= 11 is 0. The van der Waals surface area contributed by atoms with E-state index in [2.05, 4.69) is 17.5 Å². The van der Waals surface area contributed by atoms with Crippen LogP contribution < -0.4 is 4.74 Å². The number of benzene rings is 1. The fourth-order valence-electron chi connectivity index (χ4n) is 5.59. The lowest BCUT2D eigenvalue weighted by atomic mass is 9.73. The third-order valence-electron chi connectivity index (χ3n) is 7.27. The molecule has 9 nitrogen and oxygen atoms in total. The number of unbranched alkanes of at least 4 members (excludes halogenated alkanes) is 2. The van der Waals surface area contributed by atoms with Crippen molar-refractivity contribution < 1.29 is 43.4 Å². The molecule has 0 spiro atoms. The van der Waals surface area contributed by atoms with Crippen LogP contribution in [0.5, 0.6) is 5.75 Å². The van der Waals surface area contributed by atoms with Gasteiger partial charge in [0.1, 0.15) is 12.4 Å². The third-order valence-corrected chi connectivity index (χ3v) is 7.79. The molecule has 0 radical (unpaired) electrons. The average Bonchev–Trinajstić information content (AvgIpc) is 3.11. The fraction of sp³-hybridized carbons (Fsp3) is 0.720. The lowest BCUT2D eigenvalue weighted by Gasteiger charge is -2.32. The maximum atomic E-state index is 11.9. The van der Waals surface area contributed by atoms with E-state index in [0.717, 1.165) is 68.9 Å². The summed E-state index contributed by atoms with van der Waals surface area (Å²) in [4.78, 5) is 29.2. The highest BCUT2D eigenvalue weighted by Gasteiger charge is 2.44. The highest BCUT2D eigenvalue weighted by molar-refractivity contribution is 7.46. The molecule has 0 amide bonds. The van der Waals surface area contributed by atoms with Crippen molar-refractivity contribution in [2.75, 3.05) is 19.8 Å². The number of aliphatic hydroxyl groups is 2. The van der Waals surface area contributed by atoms with Crippen LogP contribution in [0.3, 0.4) is 0 Å². The number of aliphatic hydroxyl groups excluding tert-OH is 2. The maximum absolute atomic E-state index is 11.9. The van der Waals surface area contributed by atoms with Crippen LogP contribution in [0.2, 0.25) is 0 Å². The van der Waals surface area contributed by atoms with Gasteiger partial charge >= 0.3 is 13.8 Å². The van der Waals surface area contributed by atoms with Gasteiger partial charge in [0, 0.05) is 0 Å². The van der Waals surface area contributed by atoms with Crippen molar-refractivity contribution in [2.24, 2.45) is 17.8 Å². The Morgan fingerprint density at radius 2 is 1.97 bits per heavy atom. The van der Waals surface area contributed by atoms with E-state index in [1.54, 1.807) is 0 Å². The number of esters is 1. The highest BCUT2D eigenvalue weighted by atomic mass is 31.2. The van der Waals surface area contributed by atoms with Crippen LogP contribution >= 0.6 is 7.82 Å². The molecule has 1 aromatic carbocycles. The summed E-state index contributed by atoms with van der Waals surface area (Å²) in [5.74, 6) is 0.854. The van der Waals surface area contributed by atoms with Crippen molar-refractivity contribution in [1.82, 2.24) is 0 Å². The smallest absolute Gasteiger partial charge is 0.469 e. The zero-order valence-corrected chi connectivity index (χ0v) is 21.3. The second kappa shape index (κ2) is 13.2. The molecule has 1 saturated carbocycles. The summed E-state index contributed by atoms with van der Waals surface area (Å²) in [6, 6.07) is 5.78. The maximum Gasteiger partial charge on any atom is 0.469 e. The molecule has 0 saturated heterocycles. The van der Waals surface area contributed by atoms with Gasteiger partial charge in [-0.15, -0.1) is 0 Å². The normalized spacial score (nSPS) is 24.5. The lowest BCUT2D eigenvalue weighted by molar-refractivity contribution is -0.146. The van der Waals surface area contributed by atoms with Gasteiger partial charge in [0.25, 0.3) is 0 Å². The molecule has 4 N–H and O–H groups in total. The molecular weight excluding hydrogens is 475 g/mol. The summed E-state index contributed by atoms with van der Waals surface area (Å²) in [6.45, 7) is 1.15. The van der Waals surface area contributed by atoms with Crippen molar-refractivity contribution in [2.45, 2.75) is 76.9 Å². The molecule has 198 valence electrons. The van der Waals surface area contributed by atoms with Gasteiger partial charge in [-0.05, 0) is 73.5 Å². The molecule has 1 fully saturated rings.